The number of aromatic nitrogens is 2. The van der Waals surface area contributed by atoms with E-state index >= 15 is 0 Å². The molecular weight excluding hydrogens is 292 g/mol. The Morgan fingerprint density at radius 2 is 2.29 bits per heavy atom. The number of ether oxygens (including phenoxy) is 1. The second-order valence-electron chi connectivity index (χ2n) is 4.73. The topological polar surface area (TPSA) is 64.3 Å². The molecule has 1 N–H and O–H groups in total. The van der Waals surface area contributed by atoms with E-state index in [1.165, 1.54) is 0 Å². The Bertz CT molecular complexity index is 625. The zero-order chi connectivity index (χ0) is 15.2. The first-order valence-corrected chi connectivity index (χ1v) is 7.44. The normalized spacial score (nSPS) is 11.1. The molecule has 1 aromatic heterocycles. The van der Waals surface area contributed by atoms with Gasteiger partial charge in [0.05, 0.1) is 22.7 Å². The fraction of sp³-hybridized carbons (Fsp3) is 0.467. The Balaban J connectivity index is 2.26. The average molecular weight is 311 g/mol. The summed E-state index contributed by atoms with van der Waals surface area (Å²) < 4.78 is 7.44. The number of carbonyl (C=O) groups is 1. The van der Waals surface area contributed by atoms with E-state index in [4.69, 9.17) is 21.4 Å². The van der Waals surface area contributed by atoms with Crippen molar-refractivity contribution in [3.8, 4) is 0 Å². The van der Waals surface area contributed by atoms with Crippen molar-refractivity contribution in [1.29, 1.82) is 0 Å². The lowest BCUT2D eigenvalue weighted by Gasteiger charge is -2.09. The Labute approximate surface area is 128 Å². The molecular formula is C15H19ClN2O3. The third kappa shape index (κ3) is 3.95. The number of carboxylic acids is 1. The van der Waals surface area contributed by atoms with Gasteiger partial charge in [-0.05, 0) is 25.5 Å². The molecule has 0 atom stereocenters. The fourth-order valence-electron chi connectivity index (χ4n) is 2.32. The second kappa shape index (κ2) is 7.43. The number of aryl methyl sites for hydroxylation is 1. The van der Waals surface area contributed by atoms with E-state index in [2.05, 4.69) is 4.98 Å². The number of carboxylic acid groups (broad SMARTS) is 1. The summed E-state index contributed by atoms with van der Waals surface area (Å²) in [7, 11) is 0. The summed E-state index contributed by atoms with van der Waals surface area (Å²) >= 11 is 6.28. The first-order chi connectivity index (χ1) is 10.1. The smallest absolute Gasteiger partial charge is 0.303 e. The second-order valence-corrected chi connectivity index (χ2v) is 5.14. The van der Waals surface area contributed by atoms with Crippen LogP contribution in [0.25, 0.3) is 11.0 Å². The van der Waals surface area contributed by atoms with Crippen LogP contribution in [0.3, 0.4) is 0 Å². The van der Waals surface area contributed by atoms with Gasteiger partial charge in [-0.1, -0.05) is 17.7 Å². The van der Waals surface area contributed by atoms with Crippen LogP contribution in [0.15, 0.2) is 18.2 Å². The minimum absolute atomic E-state index is 0.141. The van der Waals surface area contributed by atoms with Crippen LogP contribution < -0.4 is 0 Å². The molecule has 1 heterocycles. The number of hydrogen-bond donors (Lipinski definition) is 1. The molecule has 0 aliphatic rings. The standard InChI is InChI=1S/C15H19ClN2O3/c1-2-21-10-9-18-13(7-4-8-14(19)20)17-12-6-3-5-11(16)15(12)18/h3,5-6H,2,4,7-10H2,1H3,(H,19,20). The van der Waals surface area contributed by atoms with Crippen molar-refractivity contribution >= 4 is 28.6 Å². The van der Waals surface area contributed by atoms with E-state index in [1.54, 1.807) is 0 Å². The van der Waals surface area contributed by atoms with Gasteiger partial charge >= 0.3 is 5.97 Å². The van der Waals surface area contributed by atoms with Gasteiger partial charge in [0, 0.05) is 26.0 Å². The third-order valence-corrected chi connectivity index (χ3v) is 3.56. The molecule has 0 saturated heterocycles. The Morgan fingerprint density at radius 3 is 3.00 bits per heavy atom. The van der Waals surface area contributed by atoms with E-state index in [1.807, 2.05) is 29.7 Å². The van der Waals surface area contributed by atoms with Gasteiger partial charge in [0.1, 0.15) is 5.82 Å². The molecule has 6 heteroatoms. The van der Waals surface area contributed by atoms with Crippen LogP contribution in [-0.2, 0) is 22.5 Å². The fourth-order valence-corrected chi connectivity index (χ4v) is 2.59. The molecule has 0 unspecified atom stereocenters. The summed E-state index contributed by atoms with van der Waals surface area (Å²) in [4.78, 5) is 15.2. The van der Waals surface area contributed by atoms with Crippen LogP contribution in [0.1, 0.15) is 25.6 Å². The van der Waals surface area contributed by atoms with Gasteiger partial charge in [0.2, 0.25) is 0 Å². The largest absolute Gasteiger partial charge is 0.481 e. The first-order valence-electron chi connectivity index (χ1n) is 7.06. The van der Waals surface area contributed by atoms with Gasteiger partial charge in [0.15, 0.2) is 0 Å². The summed E-state index contributed by atoms with van der Waals surface area (Å²) in [6.45, 7) is 3.86. The maximum atomic E-state index is 10.6. The molecule has 1 aromatic carbocycles. The van der Waals surface area contributed by atoms with Gasteiger partial charge in [-0.25, -0.2) is 4.98 Å². The number of halogens is 1. The minimum atomic E-state index is -0.787. The van der Waals surface area contributed by atoms with Crippen LogP contribution in [-0.4, -0.2) is 33.8 Å². The predicted molar refractivity (Wildman–Crippen MR) is 81.8 cm³/mol. The molecule has 21 heavy (non-hydrogen) atoms. The highest BCUT2D eigenvalue weighted by Gasteiger charge is 2.13. The molecule has 0 spiro atoms. The molecule has 0 aliphatic carbocycles. The molecule has 0 aliphatic heterocycles. The Morgan fingerprint density at radius 1 is 1.48 bits per heavy atom. The summed E-state index contributed by atoms with van der Waals surface area (Å²) in [6.07, 6.45) is 1.32. The maximum absolute atomic E-state index is 10.6. The quantitative estimate of drug-likeness (QED) is 0.761. The molecule has 2 rings (SSSR count). The number of hydrogen-bond acceptors (Lipinski definition) is 3. The number of nitrogens with zero attached hydrogens (tertiary/aromatic N) is 2. The van der Waals surface area contributed by atoms with Crippen molar-refractivity contribution in [3.63, 3.8) is 0 Å². The molecule has 0 saturated carbocycles. The van der Waals surface area contributed by atoms with E-state index < -0.39 is 5.97 Å². The zero-order valence-corrected chi connectivity index (χ0v) is 12.8. The Kier molecular flexibility index (Phi) is 5.59. The summed E-state index contributed by atoms with van der Waals surface area (Å²) in [6, 6.07) is 5.62. The highest BCUT2D eigenvalue weighted by Crippen LogP contribution is 2.25. The summed E-state index contributed by atoms with van der Waals surface area (Å²) in [5, 5.41) is 9.40. The summed E-state index contributed by atoms with van der Waals surface area (Å²) in [5.41, 5.74) is 1.73. The van der Waals surface area contributed by atoms with Crippen molar-refractivity contribution in [2.24, 2.45) is 0 Å². The zero-order valence-electron chi connectivity index (χ0n) is 12.0. The molecule has 114 valence electrons. The van der Waals surface area contributed by atoms with E-state index in [0.29, 0.717) is 37.6 Å². The molecule has 5 nitrogen and oxygen atoms in total. The monoisotopic (exact) mass is 310 g/mol. The minimum Gasteiger partial charge on any atom is -0.481 e. The molecule has 2 aromatic rings. The lowest BCUT2D eigenvalue weighted by atomic mass is 10.2. The van der Waals surface area contributed by atoms with Crippen LogP contribution in [0, 0.1) is 0 Å². The van der Waals surface area contributed by atoms with Crippen molar-refractivity contribution in [3.05, 3.63) is 29.0 Å². The van der Waals surface area contributed by atoms with Gasteiger partial charge in [-0.15, -0.1) is 0 Å². The molecule has 0 radical (unpaired) electrons. The van der Waals surface area contributed by atoms with Crippen molar-refractivity contribution in [2.75, 3.05) is 13.2 Å². The van der Waals surface area contributed by atoms with Crippen LogP contribution >= 0.6 is 11.6 Å². The van der Waals surface area contributed by atoms with Gasteiger partial charge in [0.25, 0.3) is 0 Å². The number of benzene rings is 1. The number of fused-ring (bicyclic) bond motifs is 1. The van der Waals surface area contributed by atoms with Crippen molar-refractivity contribution in [2.45, 2.75) is 32.7 Å². The molecule has 0 fully saturated rings. The number of aliphatic carboxylic acids is 1. The van der Waals surface area contributed by atoms with E-state index in [0.717, 1.165) is 16.9 Å². The number of rotatable bonds is 8. The summed E-state index contributed by atoms with van der Waals surface area (Å²) in [5.74, 6) is 0.0732. The van der Waals surface area contributed by atoms with Gasteiger partial charge < -0.3 is 14.4 Å². The third-order valence-electron chi connectivity index (χ3n) is 3.25. The van der Waals surface area contributed by atoms with E-state index in [9.17, 15) is 4.79 Å². The highest BCUT2D eigenvalue weighted by atomic mass is 35.5. The number of para-hydroxylation sites is 1. The van der Waals surface area contributed by atoms with Gasteiger partial charge in [-0.3, -0.25) is 4.79 Å². The van der Waals surface area contributed by atoms with Crippen LogP contribution in [0.4, 0.5) is 0 Å². The van der Waals surface area contributed by atoms with Crippen LogP contribution in [0.5, 0.6) is 0 Å². The lowest BCUT2D eigenvalue weighted by Crippen LogP contribution is -2.10. The maximum Gasteiger partial charge on any atom is 0.303 e. The van der Waals surface area contributed by atoms with Crippen LogP contribution in [0.2, 0.25) is 5.02 Å². The average Bonchev–Trinajstić information content (AvgIpc) is 2.78. The van der Waals surface area contributed by atoms with Crippen molar-refractivity contribution in [1.82, 2.24) is 9.55 Å². The highest BCUT2D eigenvalue weighted by molar-refractivity contribution is 6.35. The number of imidazole rings is 1. The van der Waals surface area contributed by atoms with Crippen molar-refractivity contribution < 1.29 is 14.6 Å². The SMILES string of the molecule is CCOCCn1c(CCCC(=O)O)nc2cccc(Cl)c21. The first kappa shape index (κ1) is 15.8. The lowest BCUT2D eigenvalue weighted by molar-refractivity contribution is -0.137. The van der Waals surface area contributed by atoms with Gasteiger partial charge in [-0.2, -0.15) is 0 Å². The van der Waals surface area contributed by atoms with E-state index in [-0.39, 0.29) is 6.42 Å². The predicted octanol–water partition coefficient (Wildman–Crippen LogP) is 3.13. The Hall–Kier alpha value is -1.59. The molecule has 0 amide bonds. The molecule has 0 bridgehead atoms.